The second-order valence-corrected chi connectivity index (χ2v) is 13.3. The molecule has 1 N–H and O–H groups in total. The highest BCUT2D eigenvalue weighted by Crippen LogP contribution is 2.30. The van der Waals surface area contributed by atoms with Gasteiger partial charge >= 0.3 is 0 Å². The number of hydrogen-bond acceptors (Lipinski definition) is 4. The number of amides is 2. The van der Waals surface area contributed by atoms with Gasteiger partial charge in [-0.2, -0.15) is 0 Å². The molecule has 0 saturated heterocycles. The molecule has 0 aliphatic heterocycles. The molecular weight excluding hydrogens is 605 g/mol. The van der Waals surface area contributed by atoms with Crippen LogP contribution >= 0.6 is 34.8 Å². The smallest absolute Gasteiger partial charge is 0.264 e. The second-order valence-electron chi connectivity index (χ2n) is 10.2. The van der Waals surface area contributed by atoms with Gasteiger partial charge in [0.25, 0.3) is 10.0 Å². The van der Waals surface area contributed by atoms with Gasteiger partial charge in [0.2, 0.25) is 11.8 Å². The lowest BCUT2D eigenvalue weighted by Gasteiger charge is -2.33. The lowest BCUT2D eigenvalue weighted by atomic mass is 10.1. The second kappa shape index (κ2) is 13.5. The van der Waals surface area contributed by atoms with Gasteiger partial charge in [0.05, 0.1) is 10.6 Å². The van der Waals surface area contributed by atoms with E-state index >= 15 is 0 Å². The van der Waals surface area contributed by atoms with Gasteiger partial charge in [-0.3, -0.25) is 13.9 Å². The van der Waals surface area contributed by atoms with Crippen molar-refractivity contribution >= 4 is 62.3 Å². The van der Waals surface area contributed by atoms with Crippen molar-refractivity contribution in [2.75, 3.05) is 10.8 Å². The minimum Gasteiger partial charge on any atom is -0.352 e. The van der Waals surface area contributed by atoms with E-state index in [1.165, 1.54) is 17.0 Å². The molecule has 2 amide bonds. The summed E-state index contributed by atoms with van der Waals surface area (Å²) in [6, 6.07) is 16.7. The Morgan fingerprint density at radius 3 is 2.22 bits per heavy atom. The first-order valence-electron chi connectivity index (χ1n) is 13.3. The van der Waals surface area contributed by atoms with Gasteiger partial charge in [0, 0.05) is 27.7 Å². The van der Waals surface area contributed by atoms with Crippen LogP contribution in [-0.4, -0.2) is 43.8 Å². The molecule has 41 heavy (non-hydrogen) atoms. The predicted molar refractivity (Wildman–Crippen MR) is 164 cm³/mol. The summed E-state index contributed by atoms with van der Waals surface area (Å²) in [7, 11) is -4.17. The molecule has 11 heteroatoms. The van der Waals surface area contributed by atoms with Crippen molar-refractivity contribution in [3.63, 3.8) is 0 Å². The summed E-state index contributed by atoms with van der Waals surface area (Å²) in [4.78, 5) is 28.8. The molecule has 7 nitrogen and oxygen atoms in total. The standard InChI is InChI=1S/C30H32Cl3N3O4S/c1-20-16-23(31)14-15-28(20)36(41(39,40)26-10-4-3-5-11-26)19-29(37)35(18-22-12-13-24(32)17-27(22)33)21(2)30(38)34-25-8-6-7-9-25/h3-5,10-17,21,25H,6-9,18-19H2,1-2H3,(H,34,38)/t21-/m0/s1. The van der Waals surface area contributed by atoms with Crippen LogP contribution in [0.5, 0.6) is 0 Å². The Kier molecular flexibility index (Phi) is 10.2. The Morgan fingerprint density at radius 2 is 1.59 bits per heavy atom. The van der Waals surface area contributed by atoms with Crippen LogP contribution in [0, 0.1) is 6.92 Å². The quantitative estimate of drug-likeness (QED) is 0.271. The number of carbonyl (C=O) groups excluding carboxylic acids is 2. The fourth-order valence-corrected chi connectivity index (χ4v) is 7.13. The van der Waals surface area contributed by atoms with Crippen LogP contribution in [0.2, 0.25) is 15.1 Å². The van der Waals surface area contributed by atoms with Crippen molar-refractivity contribution < 1.29 is 18.0 Å². The minimum absolute atomic E-state index is 0.0209. The topological polar surface area (TPSA) is 86.8 Å². The molecule has 0 aromatic heterocycles. The van der Waals surface area contributed by atoms with Crippen LogP contribution < -0.4 is 9.62 Å². The average Bonchev–Trinajstić information content (AvgIpc) is 3.44. The monoisotopic (exact) mass is 635 g/mol. The summed E-state index contributed by atoms with van der Waals surface area (Å²) in [6.07, 6.45) is 3.84. The van der Waals surface area contributed by atoms with Crippen LogP contribution in [0.1, 0.15) is 43.7 Å². The number of anilines is 1. The molecule has 0 radical (unpaired) electrons. The number of aryl methyl sites for hydroxylation is 1. The molecule has 3 aromatic carbocycles. The fraction of sp³-hybridized carbons (Fsp3) is 0.333. The van der Waals surface area contributed by atoms with Crippen LogP contribution in [0.3, 0.4) is 0 Å². The maximum Gasteiger partial charge on any atom is 0.264 e. The van der Waals surface area contributed by atoms with E-state index in [9.17, 15) is 18.0 Å². The fourth-order valence-electron chi connectivity index (χ4n) is 4.94. The Hall–Kier alpha value is -2.78. The highest BCUT2D eigenvalue weighted by atomic mass is 35.5. The van der Waals surface area contributed by atoms with Crippen molar-refractivity contribution in [3.8, 4) is 0 Å². The molecule has 0 spiro atoms. The van der Waals surface area contributed by atoms with E-state index in [-0.39, 0.29) is 23.4 Å². The molecule has 1 saturated carbocycles. The first-order valence-corrected chi connectivity index (χ1v) is 15.9. The Balaban J connectivity index is 1.72. The van der Waals surface area contributed by atoms with Crippen molar-refractivity contribution in [2.45, 2.75) is 63.1 Å². The van der Waals surface area contributed by atoms with E-state index in [4.69, 9.17) is 34.8 Å². The average molecular weight is 637 g/mol. The van der Waals surface area contributed by atoms with E-state index in [1.54, 1.807) is 68.4 Å². The molecule has 0 unspecified atom stereocenters. The van der Waals surface area contributed by atoms with Crippen molar-refractivity contribution in [1.29, 1.82) is 0 Å². The molecular formula is C30H32Cl3N3O4S. The summed E-state index contributed by atoms with van der Waals surface area (Å²) in [5.74, 6) is -0.880. The minimum atomic E-state index is -4.17. The van der Waals surface area contributed by atoms with E-state index in [1.807, 2.05) is 0 Å². The number of nitrogens with zero attached hydrogens (tertiary/aromatic N) is 2. The third kappa shape index (κ3) is 7.55. The van der Waals surface area contributed by atoms with E-state index in [0.29, 0.717) is 31.9 Å². The van der Waals surface area contributed by atoms with Gasteiger partial charge in [-0.1, -0.05) is 71.9 Å². The van der Waals surface area contributed by atoms with Crippen molar-refractivity contribution in [1.82, 2.24) is 10.2 Å². The lowest BCUT2D eigenvalue weighted by molar-refractivity contribution is -0.139. The van der Waals surface area contributed by atoms with Gasteiger partial charge in [0.15, 0.2) is 0 Å². The number of hydrogen-bond donors (Lipinski definition) is 1. The summed E-state index contributed by atoms with van der Waals surface area (Å²) in [5, 5.41) is 4.25. The van der Waals surface area contributed by atoms with Crippen molar-refractivity contribution in [2.24, 2.45) is 0 Å². The third-order valence-electron chi connectivity index (χ3n) is 7.26. The van der Waals surface area contributed by atoms with E-state index < -0.39 is 28.5 Å². The number of benzene rings is 3. The Labute approximate surface area is 256 Å². The number of sulfonamides is 1. The van der Waals surface area contributed by atoms with Gasteiger partial charge in [0.1, 0.15) is 12.6 Å². The molecule has 0 bridgehead atoms. The summed E-state index contributed by atoms with van der Waals surface area (Å²) >= 11 is 18.7. The number of nitrogens with one attached hydrogen (secondary N) is 1. The molecule has 1 fully saturated rings. The maximum absolute atomic E-state index is 14.1. The summed E-state index contributed by atoms with van der Waals surface area (Å²) < 4.78 is 28.9. The van der Waals surface area contributed by atoms with Gasteiger partial charge in [-0.05, 0) is 80.3 Å². The lowest BCUT2D eigenvalue weighted by Crippen LogP contribution is -2.52. The molecule has 218 valence electrons. The zero-order chi connectivity index (χ0) is 29.7. The summed E-state index contributed by atoms with van der Waals surface area (Å²) in [6.45, 7) is 2.79. The van der Waals surface area contributed by atoms with Gasteiger partial charge in [-0.25, -0.2) is 8.42 Å². The maximum atomic E-state index is 14.1. The number of halogens is 3. The molecule has 0 heterocycles. The van der Waals surface area contributed by atoms with E-state index in [0.717, 1.165) is 30.0 Å². The third-order valence-corrected chi connectivity index (χ3v) is 9.86. The highest BCUT2D eigenvalue weighted by Gasteiger charge is 2.34. The zero-order valence-corrected chi connectivity index (χ0v) is 25.9. The van der Waals surface area contributed by atoms with Gasteiger partial charge in [-0.15, -0.1) is 0 Å². The van der Waals surface area contributed by atoms with Crippen LogP contribution in [0.4, 0.5) is 5.69 Å². The first kappa shape index (κ1) is 31.2. The zero-order valence-electron chi connectivity index (χ0n) is 22.8. The van der Waals surface area contributed by atoms with Crippen LogP contribution in [0.15, 0.2) is 71.6 Å². The predicted octanol–water partition coefficient (Wildman–Crippen LogP) is 6.63. The molecule has 4 rings (SSSR count). The largest absolute Gasteiger partial charge is 0.352 e. The highest BCUT2D eigenvalue weighted by molar-refractivity contribution is 7.92. The van der Waals surface area contributed by atoms with Crippen molar-refractivity contribution in [3.05, 3.63) is 92.9 Å². The molecule has 1 aliphatic rings. The number of carbonyl (C=O) groups is 2. The van der Waals surface area contributed by atoms with Crippen LogP contribution in [-0.2, 0) is 26.2 Å². The normalized spacial score (nSPS) is 14.5. The van der Waals surface area contributed by atoms with E-state index in [2.05, 4.69) is 5.32 Å². The number of rotatable bonds is 10. The Morgan fingerprint density at radius 1 is 0.951 bits per heavy atom. The van der Waals surface area contributed by atoms with Gasteiger partial charge < -0.3 is 10.2 Å². The molecule has 1 aliphatic carbocycles. The Bertz CT molecular complexity index is 1510. The summed E-state index contributed by atoms with van der Waals surface area (Å²) in [5.41, 5.74) is 1.45. The SMILES string of the molecule is Cc1cc(Cl)ccc1N(CC(=O)N(Cc1ccc(Cl)cc1Cl)[C@@H](C)C(=O)NC1CCCC1)S(=O)(=O)c1ccccc1. The first-order chi connectivity index (χ1) is 19.5. The molecule has 3 aromatic rings. The molecule has 1 atom stereocenters. The van der Waals surface area contributed by atoms with Crippen LogP contribution in [0.25, 0.3) is 0 Å².